The van der Waals surface area contributed by atoms with Gasteiger partial charge in [0.05, 0.1) is 24.5 Å². The fourth-order valence-corrected chi connectivity index (χ4v) is 4.19. The topological polar surface area (TPSA) is 48.3 Å². The van der Waals surface area contributed by atoms with E-state index in [2.05, 4.69) is 41.8 Å². The van der Waals surface area contributed by atoms with Gasteiger partial charge in [0.25, 0.3) is 5.78 Å². The summed E-state index contributed by atoms with van der Waals surface area (Å²) < 4.78 is 1.89. The van der Waals surface area contributed by atoms with Crippen molar-refractivity contribution in [3.8, 4) is 0 Å². The third kappa shape index (κ3) is 3.10. The number of para-hydroxylation sites is 2. The number of ketones is 1. The standard InChI is InChI=1S/C19H16Br2N4O/c20-13-5-1-3-7-15(13)24-11-9-22-18(24)17(26)19-23-10-12-25(19)16-8-4-2-6-14(16)21/h1-8H,9-12H2. The number of hydrogen-bond acceptors (Lipinski definition) is 5. The highest BCUT2D eigenvalue weighted by Crippen LogP contribution is 2.30. The highest BCUT2D eigenvalue weighted by molar-refractivity contribution is 9.11. The van der Waals surface area contributed by atoms with Gasteiger partial charge >= 0.3 is 0 Å². The van der Waals surface area contributed by atoms with E-state index in [-0.39, 0.29) is 5.78 Å². The zero-order valence-electron chi connectivity index (χ0n) is 13.9. The molecule has 2 aromatic carbocycles. The molecule has 0 bridgehead atoms. The summed E-state index contributed by atoms with van der Waals surface area (Å²) in [4.78, 5) is 26.2. The number of nitrogens with zero attached hydrogens (tertiary/aromatic N) is 4. The molecule has 2 aliphatic heterocycles. The summed E-state index contributed by atoms with van der Waals surface area (Å²) >= 11 is 7.14. The number of carbonyl (C=O) groups excluding carboxylic acids is 1. The predicted molar refractivity (Wildman–Crippen MR) is 113 cm³/mol. The average Bonchev–Trinajstić information content (AvgIpc) is 3.31. The Hall–Kier alpha value is -1.99. The fraction of sp³-hybridized carbons (Fsp3) is 0.211. The minimum absolute atomic E-state index is 0.133. The van der Waals surface area contributed by atoms with E-state index in [1.54, 1.807) is 0 Å². The number of rotatable bonds is 4. The van der Waals surface area contributed by atoms with Gasteiger partial charge in [-0.3, -0.25) is 14.8 Å². The second-order valence-electron chi connectivity index (χ2n) is 5.95. The Kier molecular flexibility index (Phi) is 4.91. The van der Waals surface area contributed by atoms with E-state index >= 15 is 0 Å². The maximum absolute atomic E-state index is 13.3. The maximum Gasteiger partial charge on any atom is 0.263 e. The van der Waals surface area contributed by atoms with E-state index in [0.29, 0.717) is 37.9 Å². The first-order chi connectivity index (χ1) is 12.7. The number of aliphatic imine (C=N–C) groups is 2. The van der Waals surface area contributed by atoms with Crippen LogP contribution in [-0.2, 0) is 4.79 Å². The largest absolute Gasteiger partial charge is 0.320 e. The lowest BCUT2D eigenvalue weighted by molar-refractivity contribution is -0.107. The van der Waals surface area contributed by atoms with E-state index in [1.165, 1.54) is 0 Å². The van der Waals surface area contributed by atoms with Gasteiger partial charge in [0, 0.05) is 22.0 Å². The summed E-state index contributed by atoms with van der Waals surface area (Å²) in [5.74, 6) is 0.774. The van der Waals surface area contributed by atoms with Crippen LogP contribution in [0, 0.1) is 0 Å². The first-order valence-electron chi connectivity index (χ1n) is 8.34. The van der Waals surface area contributed by atoms with Crippen LogP contribution in [-0.4, -0.2) is 43.6 Å². The first kappa shape index (κ1) is 17.4. The molecular weight excluding hydrogens is 460 g/mol. The lowest BCUT2D eigenvalue weighted by Gasteiger charge is -2.24. The molecule has 0 atom stereocenters. The molecule has 0 saturated carbocycles. The van der Waals surface area contributed by atoms with Gasteiger partial charge in [0.1, 0.15) is 0 Å². The Bertz CT molecular complexity index is 852. The van der Waals surface area contributed by atoms with E-state index < -0.39 is 0 Å². The average molecular weight is 476 g/mol. The Morgan fingerprint density at radius 1 is 0.769 bits per heavy atom. The van der Waals surface area contributed by atoms with Crippen LogP contribution in [0.25, 0.3) is 0 Å². The van der Waals surface area contributed by atoms with Gasteiger partial charge in [-0.25, -0.2) is 0 Å². The van der Waals surface area contributed by atoms with Crippen LogP contribution >= 0.6 is 31.9 Å². The summed E-state index contributed by atoms with van der Waals surface area (Å²) in [5, 5.41) is 0. The maximum atomic E-state index is 13.3. The van der Waals surface area contributed by atoms with Crippen LogP contribution < -0.4 is 9.80 Å². The molecule has 0 radical (unpaired) electrons. The Balaban J connectivity index is 1.65. The summed E-state index contributed by atoms with van der Waals surface area (Å²) in [7, 11) is 0. The van der Waals surface area contributed by atoms with Crippen LogP contribution in [0.1, 0.15) is 0 Å². The Morgan fingerprint density at radius 3 is 1.62 bits per heavy atom. The molecule has 0 unspecified atom stereocenters. The molecule has 2 aliphatic rings. The molecule has 0 aromatic heterocycles. The minimum Gasteiger partial charge on any atom is -0.320 e. The molecule has 0 amide bonds. The zero-order chi connectivity index (χ0) is 18.1. The van der Waals surface area contributed by atoms with Crippen molar-refractivity contribution >= 4 is 60.7 Å². The second-order valence-corrected chi connectivity index (χ2v) is 7.65. The summed E-state index contributed by atoms with van der Waals surface area (Å²) in [6.07, 6.45) is 0. The number of amidine groups is 2. The SMILES string of the molecule is O=C(C1=NCCN1c1ccccc1Br)C1=NCCN1c1ccccc1Br. The Labute approximate surface area is 168 Å². The minimum atomic E-state index is -0.133. The van der Waals surface area contributed by atoms with Crippen molar-refractivity contribution in [2.45, 2.75) is 0 Å². The third-order valence-electron chi connectivity index (χ3n) is 4.37. The van der Waals surface area contributed by atoms with Crippen LogP contribution in [0.3, 0.4) is 0 Å². The lowest BCUT2D eigenvalue weighted by Crippen LogP contribution is -2.43. The van der Waals surface area contributed by atoms with Gasteiger partial charge in [0.15, 0.2) is 11.7 Å². The summed E-state index contributed by atoms with van der Waals surface area (Å²) in [6, 6.07) is 15.7. The van der Waals surface area contributed by atoms with Crippen LogP contribution in [0.4, 0.5) is 11.4 Å². The molecule has 7 heteroatoms. The Morgan fingerprint density at radius 2 is 1.19 bits per heavy atom. The number of halogens is 2. The number of anilines is 2. The molecule has 4 rings (SSSR count). The molecule has 5 nitrogen and oxygen atoms in total. The molecule has 0 N–H and O–H groups in total. The van der Waals surface area contributed by atoms with Crippen LogP contribution in [0.2, 0.25) is 0 Å². The lowest BCUT2D eigenvalue weighted by atomic mass is 10.2. The molecule has 2 heterocycles. The van der Waals surface area contributed by atoms with E-state index in [9.17, 15) is 4.79 Å². The van der Waals surface area contributed by atoms with Crippen molar-refractivity contribution in [2.24, 2.45) is 9.98 Å². The molecule has 26 heavy (non-hydrogen) atoms. The monoisotopic (exact) mass is 474 g/mol. The van der Waals surface area contributed by atoms with Gasteiger partial charge in [-0.15, -0.1) is 0 Å². The van der Waals surface area contributed by atoms with Gasteiger partial charge in [-0.1, -0.05) is 24.3 Å². The van der Waals surface area contributed by atoms with Crippen LogP contribution in [0.15, 0.2) is 67.5 Å². The molecule has 0 spiro atoms. The van der Waals surface area contributed by atoms with Crippen molar-refractivity contribution in [3.63, 3.8) is 0 Å². The van der Waals surface area contributed by atoms with Crippen molar-refractivity contribution in [3.05, 3.63) is 57.5 Å². The van der Waals surface area contributed by atoms with Crippen LogP contribution in [0.5, 0.6) is 0 Å². The molecule has 0 aliphatic carbocycles. The zero-order valence-corrected chi connectivity index (χ0v) is 17.1. The number of Topliss-reactive ketones (excluding diaryl/α,β-unsaturated/α-hetero) is 1. The predicted octanol–water partition coefficient (Wildman–Crippen LogP) is 3.92. The van der Waals surface area contributed by atoms with Crippen molar-refractivity contribution in [1.29, 1.82) is 0 Å². The second kappa shape index (κ2) is 7.32. The summed E-state index contributed by atoms with van der Waals surface area (Å²) in [6.45, 7) is 2.58. The quantitative estimate of drug-likeness (QED) is 0.673. The fourth-order valence-electron chi connectivity index (χ4n) is 3.19. The number of hydrogen-bond donors (Lipinski definition) is 0. The molecule has 2 aromatic rings. The van der Waals surface area contributed by atoms with Gasteiger partial charge < -0.3 is 9.80 Å². The van der Waals surface area contributed by atoms with Gasteiger partial charge in [-0.05, 0) is 56.1 Å². The van der Waals surface area contributed by atoms with E-state index in [1.807, 2.05) is 58.3 Å². The first-order valence-corrected chi connectivity index (χ1v) is 9.93. The van der Waals surface area contributed by atoms with Crippen molar-refractivity contribution in [2.75, 3.05) is 36.0 Å². The molecule has 0 fully saturated rings. The van der Waals surface area contributed by atoms with Gasteiger partial charge in [-0.2, -0.15) is 0 Å². The normalized spacial score (nSPS) is 16.7. The van der Waals surface area contributed by atoms with Crippen molar-refractivity contribution < 1.29 is 4.79 Å². The smallest absolute Gasteiger partial charge is 0.263 e. The highest BCUT2D eigenvalue weighted by atomic mass is 79.9. The number of carbonyl (C=O) groups is 1. The van der Waals surface area contributed by atoms with Crippen molar-refractivity contribution in [1.82, 2.24) is 0 Å². The third-order valence-corrected chi connectivity index (χ3v) is 5.72. The van der Waals surface area contributed by atoms with Gasteiger partial charge in [0.2, 0.25) is 0 Å². The molecule has 132 valence electrons. The highest BCUT2D eigenvalue weighted by Gasteiger charge is 2.34. The molecular formula is C19H16Br2N4O. The number of benzene rings is 2. The summed E-state index contributed by atoms with van der Waals surface area (Å²) in [5.41, 5.74) is 1.89. The van der Waals surface area contributed by atoms with E-state index in [4.69, 9.17) is 0 Å². The van der Waals surface area contributed by atoms with E-state index in [0.717, 1.165) is 20.3 Å². The molecule has 0 saturated heterocycles.